The number of hydrogen-bond donors (Lipinski definition) is 3. The molecule has 2 aliphatic heterocycles. The van der Waals surface area contributed by atoms with Gasteiger partial charge in [0, 0.05) is 13.0 Å². The molecule has 8 nitrogen and oxygen atoms in total. The molecule has 0 aromatic carbocycles. The van der Waals surface area contributed by atoms with Crippen molar-refractivity contribution in [3.63, 3.8) is 0 Å². The zero-order chi connectivity index (χ0) is 15.6. The number of rotatable bonds is 2. The van der Waals surface area contributed by atoms with E-state index in [0.29, 0.717) is 6.54 Å². The number of carboxylic acid groups (broad SMARTS) is 1. The van der Waals surface area contributed by atoms with E-state index in [4.69, 9.17) is 0 Å². The molecule has 0 aromatic heterocycles. The summed E-state index contributed by atoms with van der Waals surface area (Å²) in [4.78, 5) is 47.5. The SMILES string of the molecule is CC1CCCN(C(=O)NC2CCC(=O)NC2=O)C1C(=O)O. The van der Waals surface area contributed by atoms with E-state index >= 15 is 0 Å². The summed E-state index contributed by atoms with van der Waals surface area (Å²) >= 11 is 0. The Kier molecular flexibility index (Phi) is 4.44. The average molecular weight is 297 g/mol. The summed E-state index contributed by atoms with van der Waals surface area (Å²) in [5, 5.41) is 14.0. The van der Waals surface area contributed by atoms with Gasteiger partial charge in [-0.2, -0.15) is 0 Å². The molecule has 0 aliphatic carbocycles. The number of likely N-dealkylation sites (tertiary alicyclic amines) is 1. The van der Waals surface area contributed by atoms with E-state index in [1.807, 2.05) is 0 Å². The summed E-state index contributed by atoms with van der Waals surface area (Å²) in [6.07, 6.45) is 1.87. The highest BCUT2D eigenvalue weighted by Crippen LogP contribution is 2.23. The van der Waals surface area contributed by atoms with Crippen LogP contribution in [0.4, 0.5) is 4.79 Å². The number of nitrogens with one attached hydrogen (secondary N) is 2. The molecule has 3 unspecified atom stereocenters. The minimum atomic E-state index is -1.04. The Labute approximate surface area is 121 Å². The fourth-order valence-corrected chi connectivity index (χ4v) is 2.86. The van der Waals surface area contributed by atoms with Gasteiger partial charge in [-0.1, -0.05) is 6.92 Å². The highest BCUT2D eigenvalue weighted by atomic mass is 16.4. The van der Waals surface area contributed by atoms with Crippen molar-refractivity contribution >= 4 is 23.8 Å². The van der Waals surface area contributed by atoms with Crippen molar-refractivity contribution in [2.75, 3.05) is 6.54 Å². The monoisotopic (exact) mass is 297 g/mol. The lowest BCUT2D eigenvalue weighted by Gasteiger charge is -2.38. The van der Waals surface area contributed by atoms with Crippen LogP contribution in [0.2, 0.25) is 0 Å². The number of hydrogen-bond acceptors (Lipinski definition) is 4. The highest BCUT2D eigenvalue weighted by Gasteiger charge is 2.38. The van der Waals surface area contributed by atoms with E-state index in [2.05, 4.69) is 10.6 Å². The van der Waals surface area contributed by atoms with Crippen LogP contribution in [-0.2, 0) is 14.4 Å². The minimum Gasteiger partial charge on any atom is -0.480 e. The first-order valence-electron chi connectivity index (χ1n) is 7.03. The maximum absolute atomic E-state index is 12.2. The molecule has 2 heterocycles. The van der Waals surface area contributed by atoms with E-state index in [1.54, 1.807) is 6.92 Å². The van der Waals surface area contributed by atoms with Gasteiger partial charge in [-0.05, 0) is 25.2 Å². The number of imide groups is 1. The quantitative estimate of drug-likeness (QED) is 0.604. The minimum absolute atomic E-state index is 0.135. The van der Waals surface area contributed by atoms with Crippen molar-refractivity contribution in [3.8, 4) is 0 Å². The van der Waals surface area contributed by atoms with Gasteiger partial charge in [0.05, 0.1) is 0 Å². The largest absolute Gasteiger partial charge is 0.480 e. The zero-order valence-electron chi connectivity index (χ0n) is 11.8. The lowest BCUT2D eigenvalue weighted by atomic mass is 9.91. The summed E-state index contributed by atoms with van der Waals surface area (Å²) in [7, 11) is 0. The van der Waals surface area contributed by atoms with Crippen LogP contribution in [0.1, 0.15) is 32.6 Å². The second-order valence-electron chi connectivity index (χ2n) is 5.55. The normalized spacial score (nSPS) is 29.8. The first-order valence-corrected chi connectivity index (χ1v) is 7.03. The molecule has 4 amide bonds. The van der Waals surface area contributed by atoms with Crippen LogP contribution in [0, 0.1) is 5.92 Å². The van der Waals surface area contributed by atoms with E-state index in [-0.39, 0.29) is 24.7 Å². The average Bonchev–Trinajstić information content (AvgIpc) is 2.41. The lowest BCUT2D eigenvalue weighted by molar-refractivity contribution is -0.145. The lowest BCUT2D eigenvalue weighted by Crippen LogP contribution is -2.59. The van der Waals surface area contributed by atoms with Gasteiger partial charge < -0.3 is 15.3 Å². The van der Waals surface area contributed by atoms with Gasteiger partial charge in [0.2, 0.25) is 11.8 Å². The summed E-state index contributed by atoms with van der Waals surface area (Å²) in [6.45, 7) is 2.14. The fourth-order valence-electron chi connectivity index (χ4n) is 2.86. The topological polar surface area (TPSA) is 116 Å². The number of amides is 4. The molecule has 3 atom stereocenters. The van der Waals surface area contributed by atoms with Crippen LogP contribution >= 0.6 is 0 Å². The summed E-state index contributed by atoms with van der Waals surface area (Å²) in [5.74, 6) is -2.08. The van der Waals surface area contributed by atoms with E-state index in [1.165, 1.54) is 4.90 Å². The molecule has 21 heavy (non-hydrogen) atoms. The van der Waals surface area contributed by atoms with E-state index < -0.39 is 30.0 Å². The van der Waals surface area contributed by atoms with Gasteiger partial charge in [-0.3, -0.25) is 14.9 Å². The third-order valence-corrected chi connectivity index (χ3v) is 3.98. The number of carbonyl (C=O) groups is 4. The van der Waals surface area contributed by atoms with Crippen molar-refractivity contribution in [1.82, 2.24) is 15.5 Å². The van der Waals surface area contributed by atoms with Crippen LogP contribution in [0.25, 0.3) is 0 Å². The first-order chi connectivity index (χ1) is 9.90. The Morgan fingerprint density at radius 3 is 2.67 bits per heavy atom. The van der Waals surface area contributed by atoms with Gasteiger partial charge in [-0.25, -0.2) is 9.59 Å². The number of aliphatic carboxylic acids is 1. The molecule has 8 heteroatoms. The Morgan fingerprint density at radius 2 is 2.05 bits per heavy atom. The molecule has 2 rings (SSSR count). The number of piperidine rings is 2. The molecular formula is C13H19N3O5. The Bertz CT molecular complexity index is 478. The van der Waals surface area contributed by atoms with Crippen molar-refractivity contribution in [3.05, 3.63) is 0 Å². The fraction of sp³-hybridized carbons (Fsp3) is 0.692. The van der Waals surface area contributed by atoms with Crippen molar-refractivity contribution in [2.24, 2.45) is 5.92 Å². The summed E-state index contributed by atoms with van der Waals surface area (Å²) < 4.78 is 0. The van der Waals surface area contributed by atoms with Crippen LogP contribution in [0.15, 0.2) is 0 Å². The molecule has 0 bridgehead atoms. The van der Waals surface area contributed by atoms with Gasteiger partial charge in [0.1, 0.15) is 12.1 Å². The van der Waals surface area contributed by atoms with Gasteiger partial charge >= 0.3 is 12.0 Å². The molecule has 0 radical (unpaired) electrons. The maximum atomic E-state index is 12.2. The van der Waals surface area contributed by atoms with E-state index in [9.17, 15) is 24.3 Å². The Balaban J connectivity index is 2.03. The number of urea groups is 1. The van der Waals surface area contributed by atoms with Crippen molar-refractivity contribution in [2.45, 2.75) is 44.7 Å². The molecule has 0 saturated carbocycles. The Morgan fingerprint density at radius 1 is 1.33 bits per heavy atom. The van der Waals surface area contributed by atoms with Crippen LogP contribution in [0.5, 0.6) is 0 Å². The molecule has 0 aromatic rings. The first kappa shape index (κ1) is 15.3. The third-order valence-electron chi connectivity index (χ3n) is 3.98. The molecule has 2 fully saturated rings. The van der Waals surface area contributed by atoms with Gasteiger partial charge in [-0.15, -0.1) is 0 Å². The molecule has 0 spiro atoms. The number of carbonyl (C=O) groups excluding carboxylic acids is 3. The van der Waals surface area contributed by atoms with Gasteiger partial charge in [0.25, 0.3) is 0 Å². The van der Waals surface area contributed by atoms with Crippen LogP contribution in [-0.4, -0.2) is 52.4 Å². The third kappa shape index (κ3) is 3.32. The number of carboxylic acids is 1. The predicted molar refractivity (Wildman–Crippen MR) is 71.2 cm³/mol. The van der Waals surface area contributed by atoms with Crippen LogP contribution in [0.3, 0.4) is 0 Å². The molecule has 116 valence electrons. The Hall–Kier alpha value is -2.12. The molecule has 3 N–H and O–H groups in total. The molecule has 2 aliphatic rings. The summed E-state index contributed by atoms with van der Waals surface area (Å²) in [5.41, 5.74) is 0. The number of nitrogens with zero attached hydrogens (tertiary/aromatic N) is 1. The zero-order valence-corrected chi connectivity index (χ0v) is 11.8. The second-order valence-corrected chi connectivity index (χ2v) is 5.55. The standard InChI is InChI=1S/C13H19N3O5/c1-7-3-2-6-16(10(7)12(19)20)13(21)14-8-4-5-9(17)15-11(8)18/h7-8,10H,2-6H2,1H3,(H,14,21)(H,19,20)(H,15,17,18). The predicted octanol–water partition coefficient (Wildman–Crippen LogP) is -0.314. The van der Waals surface area contributed by atoms with Gasteiger partial charge in [0.15, 0.2) is 0 Å². The second kappa shape index (κ2) is 6.11. The smallest absolute Gasteiger partial charge is 0.326 e. The molecular weight excluding hydrogens is 278 g/mol. The van der Waals surface area contributed by atoms with Crippen LogP contribution < -0.4 is 10.6 Å². The van der Waals surface area contributed by atoms with Crippen molar-refractivity contribution < 1.29 is 24.3 Å². The summed E-state index contributed by atoms with van der Waals surface area (Å²) in [6, 6.07) is -2.24. The van der Waals surface area contributed by atoms with Crippen molar-refractivity contribution in [1.29, 1.82) is 0 Å². The van der Waals surface area contributed by atoms with E-state index in [0.717, 1.165) is 12.8 Å². The highest BCUT2D eigenvalue weighted by molar-refractivity contribution is 6.01. The maximum Gasteiger partial charge on any atom is 0.326 e. The molecule has 2 saturated heterocycles.